The molecule has 0 aliphatic heterocycles. The van der Waals surface area contributed by atoms with Crippen molar-refractivity contribution in [3.63, 3.8) is 0 Å². The molecule has 0 unspecified atom stereocenters. The second-order valence-corrected chi connectivity index (χ2v) is 6.83. The minimum Gasteiger partial charge on any atom is -0.463 e. The number of hydrogen-bond donors (Lipinski definition) is 0. The minimum absolute atomic E-state index is 0.0767. The molecule has 0 saturated carbocycles. The number of nitrogens with zero attached hydrogens (tertiary/aromatic N) is 1. The lowest BCUT2D eigenvalue weighted by molar-refractivity contribution is -0.146. The van der Waals surface area contributed by atoms with Gasteiger partial charge in [0.05, 0.1) is 18.1 Å². The number of ether oxygens (including phenoxy) is 2. The maximum Gasteiger partial charge on any atom is 0.374 e. The minimum atomic E-state index is -0.587. The molecule has 0 fully saturated rings. The van der Waals surface area contributed by atoms with Gasteiger partial charge in [-0.1, -0.05) is 24.3 Å². The molecule has 30 heavy (non-hydrogen) atoms. The fourth-order valence-corrected chi connectivity index (χ4v) is 3.49. The quantitative estimate of drug-likeness (QED) is 0.373. The van der Waals surface area contributed by atoms with Crippen LogP contribution in [0.25, 0.3) is 21.8 Å². The average Bonchev–Trinajstić information content (AvgIpc) is 3.15. The van der Waals surface area contributed by atoms with Crippen LogP contribution >= 0.6 is 0 Å². The van der Waals surface area contributed by atoms with Crippen molar-refractivity contribution >= 4 is 33.7 Å². The molecule has 0 radical (unpaired) electrons. The zero-order valence-electron chi connectivity index (χ0n) is 16.5. The van der Waals surface area contributed by atoms with E-state index < -0.39 is 11.9 Å². The summed E-state index contributed by atoms with van der Waals surface area (Å²) in [5, 5.41) is 1.07. The van der Waals surface area contributed by atoms with Gasteiger partial charge in [-0.2, -0.15) is 0 Å². The molecule has 0 spiro atoms. The van der Waals surface area contributed by atoms with Crippen LogP contribution in [0.4, 0.5) is 0 Å². The van der Waals surface area contributed by atoms with Crippen molar-refractivity contribution < 1.29 is 23.5 Å². The number of para-hydroxylation sites is 2. The molecule has 7 heteroatoms. The van der Waals surface area contributed by atoms with Crippen LogP contribution in [0, 0.1) is 6.92 Å². The van der Waals surface area contributed by atoms with E-state index in [1.54, 1.807) is 54.0 Å². The lowest BCUT2D eigenvalue weighted by atomic mass is 10.1. The van der Waals surface area contributed by atoms with E-state index in [0.717, 1.165) is 0 Å². The van der Waals surface area contributed by atoms with Gasteiger partial charge in [-0.05, 0) is 37.3 Å². The van der Waals surface area contributed by atoms with Gasteiger partial charge < -0.3 is 18.5 Å². The largest absolute Gasteiger partial charge is 0.463 e. The summed E-state index contributed by atoms with van der Waals surface area (Å²) in [7, 11) is 1.27. The second-order valence-electron chi connectivity index (χ2n) is 6.83. The van der Waals surface area contributed by atoms with Gasteiger partial charge in [-0.25, -0.2) is 4.79 Å². The molecule has 152 valence electrons. The SMILES string of the molecule is COC(=O)c1oc(COC(=O)Cn2c3ccccc3c(=O)c3ccccc32)cc1C. The Bertz CT molecular complexity index is 1270. The molecule has 4 rings (SSSR count). The Morgan fingerprint density at radius 3 is 2.20 bits per heavy atom. The van der Waals surface area contributed by atoms with E-state index in [0.29, 0.717) is 33.1 Å². The lowest BCUT2D eigenvalue weighted by Gasteiger charge is -2.14. The number of aryl methyl sites for hydroxylation is 1. The van der Waals surface area contributed by atoms with Crippen molar-refractivity contribution in [3.8, 4) is 0 Å². The first kappa shape index (κ1) is 19.4. The summed E-state index contributed by atoms with van der Waals surface area (Å²) < 4.78 is 17.2. The highest BCUT2D eigenvalue weighted by molar-refractivity contribution is 5.94. The fourth-order valence-electron chi connectivity index (χ4n) is 3.49. The molecule has 7 nitrogen and oxygen atoms in total. The van der Waals surface area contributed by atoms with Crippen molar-refractivity contribution in [2.24, 2.45) is 0 Å². The fraction of sp³-hybridized carbons (Fsp3) is 0.174. The predicted octanol–water partition coefficient (Wildman–Crippen LogP) is 3.59. The standard InChI is InChI=1S/C23H19NO6/c1-14-11-15(30-22(14)23(27)28-2)13-29-20(25)12-24-18-9-5-3-7-16(18)21(26)17-8-4-6-10-19(17)24/h3-11H,12-13H2,1-2H3. The first-order valence-electron chi connectivity index (χ1n) is 9.33. The van der Waals surface area contributed by atoms with Crippen LogP contribution in [0.2, 0.25) is 0 Å². The summed E-state index contributed by atoms with van der Waals surface area (Å²) >= 11 is 0. The smallest absolute Gasteiger partial charge is 0.374 e. The lowest BCUT2D eigenvalue weighted by Crippen LogP contribution is -2.18. The van der Waals surface area contributed by atoms with E-state index in [1.165, 1.54) is 7.11 Å². The number of esters is 2. The number of aromatic nitrogens is 1. The van der Waals surface area contributed by atoms with Gasteiger partial charge in [-0.15, -0.1) is 0 Å². The van der Waals surface area contributed by atoms with Gasteiger partial charge in [0.15, 0.2) is 5.43 Å². The molecule has 0 aliphatic carbocycles. The molecule has 0 atom stereocenters. The molecule has 0 N–H and O–H groups in total. The molecule has 2 heterocycles. The molecule has 0 saturated heterocycles. The molecule has 4 aromatic rings. The summed E-state index contributed by atoms with van der Waals surface area (Å²) in [6, 6.07) is 15.9. The summed E-state index contributed by atoms with van der Waals surface area (Å²) in [5.41, 5.74) is 1.83. The van der Waals surface area contributed by atoms with E-state index >= 15 is 0 Å². The van der Waals surface area contributed by atoms with Crippen LogP contribution in [-0.2, 0) is 27.4 Å². The van der Waals surface area contributed by atoms with Gasteiger partial charge in [-0.3, -0.25) is 9.59 Å². The Hall–Kier alpha value is -3.87. The van der Waals surface area contributed by atoms with Crippen LogP contribution in [0.15, 0.2) is 63.8 Å². The number of fused-ring (bicyclic) bond motifs is 2. The third-order valence-corrected chi connectivity index (χ3v) is 4.88. The molecule has 0 bridgehead atoms. The van der Waals surface area contributed by atoms with E-state index in [9.17, 15) is 14.4 Å². The maximum atomic E-state index is 12.8. The summed E-state index contributed by atoms with van der Waals surface area (Å²) in [6.07, 6.45) is 0. The second kappa shape index (κ2) is 7.87. The molecular formula is C23H19NO6. The Morgan fingerprint density at radius 2 is 1.60 bits per heavy atom. The third kappa shape index (κ3) is 3.45. The van der Waals surface area contributed by atoms with Crippen LogP contribution in [0.5, 0.6) is 0 Å². The summed E-state index contributed by atoms with van der Waals surface area (Å²) in [5.74, 6) is -0.657. The predicted molar refractivity (Wildman–Crippen MR) is 110 cm³/mol. The van der Waals surface area contributed by atoms with Crippen molar-refractivity contribution in [2.75, 3.05) is 7.11 Å². The van der Waals surface area contributed by atoms with Crippen molar-refractivity contribution in [1.82, 2.24) is 4.57 Å². The molecule has 0 aliphatic rings. The van der Waals surface area contributed by atoms with E-state index in [2.05, 4.69) is 4.74 Å². The zero-order chi connectivity index (χ0) is 21.3. The highest BCUT2D eigenvalue weighted by Crippen LogP contribution is 2.20. The number of hydrogen-bond acceptors (Lipinski definition) is 6. The maximum absolute atomic E-state index is 12.8. The number of carbonyl (C=O) groups is 2. The number of benzene rings is 2. The summed E-state index contributed by atoms with van der Waals surface area (Å²) in [4.78, 5) is 37.0. The van der Waals surface area contributed by atoms with Gasteiger partial charge in [0, 0.05) is 16.3 Å². The van der Waals surface area contributed by atoms with Crippen LogP contribution < -0.4 is 5.43 Å². The molecule has 0 amide bonds. The van der Waals surface area contributed by atoms with E-state index in [1.807, 2.05) is 12.1 Å². The normalized spacial score (nSPS) is 11.0. The third-order valence-electron chi connectivity index (χ3n) is 4.88. The number of furan rings is 1. The Labute approximate surface area is 171 Å². The Morgan fingerprint density at radius 1 is 1.00 bits per heavy atom. The highest BCUT2D eigenvalue weighted by atomic mass is 16.6. The first-order valence-corrected chi connectivity index (χ1v) is 9.33. The summed E-state index contributed by atoms with van der Waals surface area (Å²) in [6.45, 7) is 1.51. The van der Waals surface area contributed by atoms with E-state index in [-0.39, 0.29) is 24.3 Å². The number of methoxy groups -OCH3 is 1. The number of rotatable bonds is 5. The number of pyridine rings is 1. The van der Waals surface area contributed by atoms with Crippen LogP contribution in [-0.4, -0.2) is 23.6 Å². The van der Waals surface area contributed by atoms with Crippen molar-refractivity contribution in [3.05, 3.63) is 81.9 Å². The van der Waals surface area contributed by atoms with Crippen molar-refractivity contribution in [1.29, 1.82) is 0 Å². The van der Waals surface area contributed by atoms with Crippen LogP contribution in [0.3, 0.4) is 0 Å². The molecule has 2 aromatic heterocycles. The molecule has 2 aromatic carbocycles. The van der Waals surface area contributed by atoms with Gasteiger partial charge in [0.1, 0.15) is 18.9 Å². The highest BCUT2D eigenvalue weighted by Gasteiger charge is 2.18. The first-order chi connectivity index (χ1) is 14.5. The van der Waals surface area contributed by atoms with Gasteiger partial charge >= 0.3 is 11.9 Å². The molecular weight excluding hydrogens is 386 g/mol. The van der Waals surface area contributed by atoms with Gasteiger partial charge in [0.25, 0.3) is 0 Å². The topological polar surface area (TPSA) is 87.7 Å². The Balaban J connectivity index is 1.61. The van der Waals surface area contributed by atoms with Crippen molar-refractivity contribution in [2.45, 2.75) is 20.1 Å². The Kier molecular flexibility index (Phi) is 5.10. The average molecular weight is 405 g/mol. The zero-order valence-corrected chi connectivity index (χ0v) is 16.5. The van der Waals surface area contributed by atoms with Gasteiger partial charge in [0.2, 0.25) is 5.76 Å². The monoisotopic (exact) mass is 405 g/mol. The number of carbonyl (C=O) groups excluding carboxylic acids is 2. The van der Waals surface area contributed by atoms with E-state index in [4.69, 9.17) is 9.15 Å². The van der Waals surface area contributed by atoms with Crippen LogP contribution in [0.1, 0.15) is 21.9 Å².